The summed E-state index contributed by atoms with van der Waals surface area (Å²) in [6, 6.07) is 18.9. The fourth-order valence-corrected chi connectivity index (χ4v) is 15.3. The van der Waals surface area contributed by atoms with Gasteiger partial charge in [-0.3, -0.25) is 63.0 Å². The Morgan fingerprint density at radius 1 is 0.466 bits per heavy atom. The highest BCUT2D eigenvalue weighted by Gasteiger charge is 2.36. The van der Waals surface area contributed by atoms with Crippen LogP contribution in [0.4, 0.5) is 0 Å². The number of hydrogen-bond donors (Lipinski definition) is 3. The van der Waals surface area contributed by atoms with Gasteiger partial charge < -0.3 is 40.2 Å². The molecule has 4 fully saturated rings. The fraction of sp³-hybridized carbons (Fsp3) is 0.407. The van der Waals surface area contributed by atoms with Crippen LogP contribution in [-0.4, -0.2) is 236 Å². The van der Waals surface area contributed by atoms with Crippen LogP contribution in [0, 0.1) is 0 Å². The Morgan fingerprint density at radius 2 is 0.784 bits per heavy atom. The smallest absolute Gasteiger partial charge is 0.263 e. The lowest BCUT2D eigenvalue weighted by molar-refractivity contribution is 0.0654. The number of nitrogens with zero attached hydrogens (tertiary/aromatic N) is 7. The van der Waals surface area contributed by atoms with Gasteiger partial charge in [-0.25, -0.2) is 0 Å². The van der Waals surface area contributed by atoms with Crippen molar-refractivity contribution in [1.82, 2.24) is 44.9 Å². The summed E-state index contributed by atoms with van der Waals surface area (Å²) in [4.78, 5) is 111. The van der Waals surface area contributed by atoms with E-state index >= 15 is 4.79 Å². The summed E-state index contributed by atoms with van der Waals surface area (Å²) in [6.45, 7) is 6.17. The van der Waals surface area contributed by atoms with Crippen LogP contribution in [0.5, 0.6) is 23.0 Å². The average molecular weight is 1350 g/mol. The number of ether oxygens (including phenoxy) is 4. The normalized spacial score (nSPS) is 15.3. The summed E-state index contributed by atoms with van der Waals surface area (Å²) >= 11 is 27.5. The van der Waals surface area contributed by atoms with Crippen molar-refractivity contribution in [3.63, 3.8) is 0 Å². The number of methoxy groups -OCH3 is 4. The first-order valence-electron chi connectivity index (χ1n) is 28.1. The summed E-state index contributed by atoms with van der Waals surface area (Å²) in [7, 11) is 5.68. The van der Waals surface area contributed by atoms with E-state index in [4.69, 9.17) is 73.6 Å². The summed E-state index contributed by atoms with van der Waals surface area (Å²) < 4.78 is 25.1. The molecule has 1 atom stereocenters. The number of nitrogens with one attached hydrogen (secondary N) is 2. The van der Waals surface area contributed by atoms with Crippen molar-refractivity contribution < 1.29 is 52.5 Å². The van der Waals surface area contributed by atoms with E-state index in [2.05, 4.69) is 20.4 Å². The molecule has 4 saturated heterocycles. The van der Waals surface area contributed by atoms with E-state index in [0.29, 0.717) is 91.7 Å². The standard InChI is InChI=1S/C59H68N10O11S8/c1-36(37-10-6-13-40(45(37)77-2)52(73)66-28-32-85-56(66)81)65(51(72)43-16-9-17-44(48(43)80-5)55(76)69-31-35-88-59(69)84)27-26-63(21-18-60)24-25-64(22-19-61-49(70)38-11-7-14-41(46(38)78-3)53(74)67-29-33-86-57(67)82)23-20-62-50(71)39-12-8-15-42(47(39)79-4)54(75)68-30-34-87-58(68)83/h6-17,36H,18-35,60H2,1-5H3,(H,61,70)(H,62,71)/t36-/m0/s1. The van der Waals surface area contributed by atoms with Crippen LogP contribution >= 0.6 is 95.9 Å². The Hall–Kier alpha value is -5.99. The molecule has 4 heterocycles. The van der Waals surface area contributed by atoms with E-state index < -0.39 is 29.7 Å². The molecular weight excluding hydrogens is 1280 g/mol. The Labute approximate surface area is 550 Å². The highest BCUT2D eigenvalue weighted by molar-refractivity contribution is 8.24. The van der Waals surface area contributed by atoms with E-state index in [1.807, 2.05) is 6.92 Å². The number of carbonyl (C=O) groups excluding carboxylic acids is 7. The number of benzene rings is 4. The molecule has 0 radical (unpaired) electrons. The van der Waals surface area contributed by atoms with Gasteiger partial charge in [0.1, 0.15) is 40.3 Å². The van der Waals surface area contributed by atoms with Crippen molar-refractivity contribution in [2.45, 2.75) is 13.0 Å². The average Bonchev–Trinajstić information content (AvgIpc) is 1.64. The van der Waals surface area contributed by atoms with Gasteiger partial charge >= 0.3 is 0 Å². The lowest BCUT2D eigenvalue weighted by atomic mass is 9.99. The lowest BCUT2D eigenvalue weighted by Crippen LogP contribution is -2.46. The van der Waals surface area contributed by atoms with E-state index in [9.17, 15) is 28.8 Å². The number of para-hydroxylation sites is 4. The van der Waals surface area contributed by atoms with Crippen LogP contribution in [-0.2, 0) is 0 Å². The largest absolute Gasteiger partial charge is 0.496 e. The zero-order valence-electron chi connectivity index (χ0n) is 49.2. The first-order valence-corrected chi connectivity index (χ1v) is 33.7. The van der Waals surface area contributed by atoms with Gasteiger partial charge in [0.15, 0.2) is 0 Å². The number of thiocarbonyl (C=S) groups is 4. The highest BCUT2D eigenvalue weighted by Crippen LogP contribution is 2.38. The molecule has 4 aromatic rings. The van der Waals surface area contributed by atoms with E-state index in [0.717, 1.165) is 0 Å². The Kier molecular flexibility index (Phi) is 24.8. The highest BCUT2D eigenvalue weighted by atomic mass is 32.2. The number of amides is 7. The SMILES string of the molecule is COc1c(C(=O)NCCN(CCNC(=O)c2cccc(C(=O)N3CCSC3=S)c2OC)CCN(CCN)CCN(C(=O)c2cccc(C(=O)N3CCSC3=S)c2OC)[C@@H](C)c2cccc(C(=O)N3CCSC3=S)c2OC)cccc1C(=O)N1CCSC1=S. The Balaban J connectivity index is 1.05. The van der Waals surface area contributed by atoms with Crippen molar-refractivity contribution in [3.8, 4) is 23.0 Å². The number of thioether (sulfide) groups is 4. The molecule has 4 aliphatic heterocycles. The van der Waals surface area contributed by atoms with Crippen molar-refractivity contribution in [2.24, 2.45) is 5.73 Å². The molecular formula is C59H68N10O11S8. The number of rotatable bonds is 27. The summed E-state index contributed by atoms with van der Waals surface area (Å²) in [6.07, 6.45) is 0. The van der Waals surface area contributed by atoms with Gasteiger partial charge in [0.25, 0.3) is 41.4 Å². The van der Waals surface area contributed by atoms with Crippen LogP contribution in [0.25, 0.3) is 0 Å². The van der Waals surface area contributed by atoms with E-state index in [-0.39, 0.29) is 125 Å². The van der Waals surface area contributed by atoms with Gasteiger partial charge in [-0.1, -0.05) is 126 Å². The maximum atomic E-state index is 15.5. The molecule has 4 aromatic carbocycles. The van der Waals surface area contributed by atoms with Gasteiger partial charge in [-0.05, 0) is 49.4 Å². The molecule has 4 aliphatic rings. The monoisotopic (exact) mass is 1350 g/mol. The molecule has 468 valence electrons. The molecule has 4 N–H and O–H groups in total. The Morgan fingerprint density at radius 3 is 1.14 bits per heavy atom. The maximum absolute atomic E-state index is 15.5. The van der Waals surface area contributed by atoms with Crippen molar-refractivity contribution >= 4 is 155 Å². The topological polar surface area (TPSA) is 229 Å². The zero-order valence-corrected chi connectivity index (χ0v) is 55.7. The third kappa shape index (κ3) is 15.6. The molecule has 0 spiro atoms. The second-order valence-electron chi connectivity index (χ2n) is 20.0. The molecule has 0 saturated carbocycles. The van der Waals surface area contributed by atoms with E-state index in [1.165, 1.54) is 90.2 Å². The molecule has 88 heavy (non-hydrogen) atoms. The molecule has 0 bridgehead atoms. The summed E-state index contributed by atoms with van der Waals surface area (Å²) in [5.41, 5.74) is 8.15. The zero-order chi connectivity index (χ0) is 63.2. The minimum atomic E-state index is -0.742. The third-order valence-electron chi connectivity index (χ3n) is 15.0. The number of hydrogen-bond acceptors (Lipinski definition) is 22. The molecule has 0 aliphatic carbocycles. The van der Waals surface area contributed by atoms with Gasteiger partial charge in [-0.15, -0.1) is 0 Å². The van der Waals surface area contributed by atoms with Crippen LogP contribution in [0.3, 0.4) is 0 Å². The second-order valence-corrected chi connectivity index (χ2v) is 26.9. The minimum absolute atomic E-state index is 0.0788. The minimum Gasteiger partial charge on any atom is -0.496 e. The van der Waals surface area contributed by atoms with Gasteiger partial charge in [0, 0.05) is 120 Å². The van der Waals surface area contributed by atoms with Gasteiger partial charge in [-0.2, -0.15) is 0 Å². The maximum Gasteiger partial charge on any atom is 0.263 e. The summed E-state index contributed by atoms with van der Waals surface area (Å²) in [5.74, 6) is 0.337. The van der Waals surface area contributed by atoms with Crippen LogP contribution in [0.1, 0.15) is 91.0 Å². The first-order chi connectivity index (χ1) is 42.5. The van der Waals surface area contributed by atoms with Crippen molar-refractivity contribution in [1.29, 1.82) is 0 Å². The van der Waals surface area contributed by atoms with E-state index in [1.54, 1.807) is 82.6 Å². The van der Waals surface area contributed by atoms with Crippen molar-refractivity contribution in [3.05, 3.63) is 117 Å². The molecule has 8 rings (SSSR count). The molecule has 29 heteroatoms. The molecule has 7 amide bonds. The Bertz CT molecular complexity index is 3270. The number of nitrogens with two attached hydrogens (primary N) is 1. The first kappa shape index (κ1) is 67.9. The molecule has 0 aromatic heterocycles. The van der Waals surface area contributed by atoms with Crippen molar-refractivity contribution in [2.75, 3.05) is 143 Å². The quantitative estimate of drug-likeness (QED) is 0.0561. The fourth-order valence-electron chi connectivity index (χ4n) is 10.5. The van der Waals surface area contributed by atoms with Crippen LogP contribution < -0.4 is 35.3 Å². The number of carbonyl (C=O) groups is 7. The summed E-state index contributed by atoms with van der Waals surface area (Å²) in [5, 5.41) is 5.98. The van der Waals surface area contributed by atoms with Crippen LogP contribution in [0.2, 0.25) is 0 Å². The second kappa shape index (κ2) is 32.1. The lowest BCUT2D eigenvalue weighted by Gasteiger charge is -2.34. The van der Waals surface area contributed by atoms with Gasteiger partial charge in [0.2, 0.25) is 0 Å². The predicted octanol–water partition coefficient (Wildman–Crippen LogP) is 6.24. The third-order valence-corrected chi connectivity index (χ3v) is 20.7. The molecule has 21 nitrogen and oxygen atoms in total. The van der Waals surface area contributed by atoms with Crippen LogP contribution in [0.15, 0.2) is 72.8 Å². The molecule has 0 unspecified atom stereocenters. The van der Waals surface area contributed by atoms with Gasteiger partial charge in [0.05, 0.1) is 73.4 Å². The predicted molar refractivity (Wildman–Crippen MR) is 362 cm³/mol.